The third-order valence-corrected chi connectivity index (χ3v) is 5.63. The maximum Gasteiger partial charge on any atom is 0.171 e. The van der Waals surface area contributed by atoms with E-state index in [0.717, 1.165) is 6.07 Å². The number of fused-ring (bicyclic) bond motifs is 1. The van der Waals surface area contributed by atoms with Gasteiger partial charge in [0, 0.05) is 30.4 Å². The van der Waals surface area contributed by atoms with Gasteiger partial charge in [-0.05, 0) is 50.2 Å². The molecule has 2 aromatic carbocycles. The molecule has 5 aromatic rings. The molecule has 3 heterocycles. The summed E-state index contributed by atoms with van der Waals surface area (Å²) in [6, 6.07) is 9.23. The van der Waals surface area contributed by atoms with Crippen LogP contribution in [0.3, 0.4) is 0 Å². The lowest BCUT2D eigenvalue weighted by Gasteiger charge is -2.26. The predicted octanol–water partition coefficient (Wildman–Crippen LogP) is 5.87. The third-order valence-electron chi connectivity index (χ3n) is 5.28. The van der Waals surface area contributed by atoms with Crippen molar-refractivity contribution in [2.75, 3.05) is 5.32 Å². The Morgan fingerprint density at radius 3 is 2.31 bits per heavy atom. The molecule has 0 atom stereocenters. The molecule has 8 nitrogen and oxygen atoms in total. The van der Waals surface area contributed by atoms with E-state index in [-0.39, 0.29) is 11.5 Å². The average Bonchev–Trinajstić information content (AvgIpc) is 2.89. The van der Waals surface area contributed by atoms with Crippen LogP contribution in [0.2, 0.25) is 5.02 Å². The van der Waals surface area contributed by atoms with Gasteiger partial charge in [0.15, 0.2) is 23.1 Å². The van der Waals surface area contributed by atoms with Crippen molar-refractivity contribution in [1.82, 2.24) is 29.9 Å². The number of benzene rings is 2. The molecule has 36 heavy (non-hydrogen) atoms. The summed E-state index contributed by atoms with van der Waals surface area (Å²) in [4.78, 5) is 26.0. The van der Waals surface area contributed by atoms with Crippen molar-refractivity contribution in [3.63, 3.8) is 0 Å². The molecule has 3 aromatic heterocycles. The summed E-state index contributed by atoms with van der Waals surface area (Å²) in [5.74, 6) is -0.331. The van der Waals surface area contributed by atoms with E-state index in [2.05, 4.69) is 35.2 Å². The van der Waals surface area contributed by atoms with Crippen LogP contribution >= 0.6 is 11.6 Å². The van der Waals surface area contributed by atoms with E-state index < -0.39 is 22.3 Å². The molecular formula is C25H18ClF2N7O. The molecule has 0 radical (unpaired) electrons. The fraction of sp³-hybridized carbons (Fsp3) is 0.120. The average molecular weight is 506 g/mol. The molecule has 1 N–H and O–H groups in total. The second-order valence-electron chi connectivity index (χ2n) is 8.20. The molecule has 0 aliphatic heterocycles. The van der Waals surface area contributed by atoms with Gasteiger partial charge in [-0.1, -0.05) is 11.6 Å². The Morgan fingerprint density at radius 2 is 1.58 bits per heavy atom. The largest absolute Gasteiger partial charge is 0.479 e. The smallest absolute Gasteiger partial charge is 0.171 e. The highest BCUT2D eigenvalue weighted by atomic mass is 35.5. The molecule has 0 saturated carbocycles. The normalized spacial score (nSPS) is 11.5. The molecule has 0 saturated heterocycles. The van der Waals surface area contributed by atoms with Crippen LogP contribution in [0.5, 0.6) is 5.75 Å². The van der Waals surface area contributed by atoms with Gasteiger partial charge < -0.3 is 10.1 Å². The van der Waals surface area contributed by atoms with Crippen molar-refractivity contribution in [3.8, 4) is 17.1 Å². The van der Waals surface area contributed by atoms with E-state index in [9.17, 15) is 8.78 Å². The highest BCUT2D eigenvalue weighted by Gasteiger charge is 2.28. The van der Waals surface area contributed by atoms with Crippen molar-refractivity contribution >= 4 is 34.0 Å². The van der Waals surface area contributed by atoms with Crippen LogP contribution in [0.15, 0.2) is 67.5 Å². The maximum absolute atomic E-state index is 14.7. The second kappa shape index (κ2) is 9.38. The summed E-state index contributed by atoms with van der Waals surface area (Å²) in [7, 11) is 0. The van der Waals surface area contributed by atoms with Gasteiger partial charge in [0.1, 0.15) is 28.7 Å². The highest BCUT2D eigenvalue weighted by molar-refractivity contribution is 6.31. The Labute approximate surface area is 209 Å². The molecule has 5 rings (SSSR count). The van der Waals surface area contributed by atoms with Gasteiger partial charge in [0.05, 0.1) is 16.6 Å². The lowest BCUT2D eigenvalue weighted by molar-refractivity contribution is 0.101. The molecule has 0 fully saturated rings. The van der Waals surface area contributed by atoms with Crippen molar-refractivity contribution in [2.45, 2.75) is 19.4 Å². The summed E-state index contributed by atoms with van der Waals surface area (Å²) in [6.45, 7) is 3.63. The molecular weight excluding hydrogens is 488 g/mol. The highest BCUT2D eigenvalue weighted by Crippen LogP contribution is 2.39. The van der Waals surface area contributed by atoms with Gasteiger partial charge >= 0.3 is 0 Å². The molecule has 0 bridgehead atoms. The Morgan fingerprint density at radius 1 is 0.889 bits per heavy atom. The van der Waals surface area contributed by atoms with Gasteiger partial charge in [-0.25, -0.2) is 38.7 Å². The van der Waals surface area contributed by atoms with E-state index in [1.165, 1.54) is 12.4 Å². The Hall–Kier alpha value is -4.31. The predicted molar refractivity (Wildman–Crippen MR) is 131 cm³/mol. The SMILES string of the molecule is CC(C)(Oc1cc(-c2ncccn2)cc2ncnc(Nc3ccc(F)c(Cl)c3F)c12)c1ncccn1. The van der Waals surface area contributed by atoms with E-state index in [1.807, 2.05) is 13.8 Å². The minimum Gasteiger partial charge on any atom is -0.479 e. The van der Waals surface area contributed by atoms with Crippen LogP contribution in [-0.2, 0) is 5.60 Å². The minimum atomic E-state index is -0.970. The Balaban J connectivity index is 1.69. The zero-order chi connectivity index (χ0) is 25.3. The standard InChI is InChI=1S/C25H18ClF2N7O/c1-25(2,24-31-9-4-10-32-24)36-18-12-14(22-29-7-3-8-30-22)11-17-19(18)23(34-13-33-17)35-16-6-5-15(27)20(26)21(16)28/h3-13H,1-2H3,(H,33,34,35). The first-order valence-corrected chi connectivity index (χ1v) is 11.1. The van der Waals surface area contributed by atoms with E-state index in [4.69, 9.17) is 16.3 Å². The molecule has 180 valence electrons. The molecule has 0 spiro atoms. The minimum absolute atomic E-state index is 0.0616. The van der Waals surface area contributed by atoms with Crippen LogP contribution in [-0.4, -0.2) is 29.9 Å². The molecule has 0 aliphatic rings. The topological polar surface area (TPSA) is 98.6 Å². The van der Waals surface area contributed by atoms with Crippen molar-refractivity contribution in [3.05, 3.63) is 90.0 Å². The van der Waals surface area contributed by atoms with Crippen molar-refractivity contribution in [1.29, 1.82) is 0 Å². The van der Waals surface area contributed by atoms with Crippen LogP contribution in [0, 0.1) is 11.6 Å². The molecule has 0 aliphatic carbocycles. The summed E-state index contributed by atoms with van der Waals surface area (Å²) in [6.07, 6.45) is 7.82. The quantitative estimate of drug-likeness (QED) is 0.286. The van der Waals surface area contributed by atoms with Crippen molar-refractivity contribution in [2.24, 2.45) is 0 Å². The first kappa shape index (κ1) is 23.4. The number of halogens is 3. The number of hydrogen-bond donors (Lipinski definition) is 1. The zero-order valence-corrected chi connectivity index (χ0v) is 19.8. The van der Waals surface area contributed by atoms with Crippen molar-refractivity contribution < 1.29 is 13.5 Å². The van der Waals surface area contributed by atoms with Gasteiger partial charge in [-0.15, -0.1) is 0 Å². The van der Waals surface area contributed by atoms with Gasteiger partial charge in [0.2, 0.25) is 0 Å². The maximum atomic E-state index is 14.7. The van der Waals surface area contributed by atoms with Crippen LogP contribution in [0.4, 0.5) is 20.3 Å². The number of nitrogens with zero attached hydrogens (tertiary/aromatic N) is 6. The number of rotatable bonds is 6. The third kappa shape index (κ3) is 4.50. The van der Waals surface area contributed by atoms with E-state index >= 15 is 0 Å². The number of nitrogens with one attached hydrogen (secondary N) is 1. The Bertz CT molecular complexity index is 1550. The van der Waals surface area contributed by atoms with Gasteiger partial charge in [-0.3, -0.25) is 0 Å². The van der Waals surface area contributed by atoms with Crippen LogP contribution < -0.4 is 10.1 Å². The van der Waals surface area contributed by atoms with Crippen LogP contribution in [0.25, 0.3) is 22.3 Å². The Kier molecular flexibility index (Phi) is 6.11. The molecule has 11 heteroatoms. The lowest BCUT2D eigenvalue weighted by atomic mass is 10.1. The molecule has 0 amide bonds. The fourth-order valence-electron chi connectivity index (χ4n) is 3.59. The zero-order valence-electron chi connectivity index (χ0n) is 19.1. The fourth-order valence-corrected chi connectivity index (χ4v) is 3.75. The van der Waals surface area contributed by atoms with E-state index in [1.54, 1.807) is 49.1 Å². The van der Waals surface area contributed by atoms with Gasteiger partial charge in [0.25, 0.3) is 0 Å². The first-order chi connectivity index (χ1) is 17.3. The lowest BCUT2D eigenvalue weighted by Crippen LogP contribution is -2.28. The summed E-state index contributed by atoms with van der Waals surface area (Å²) >= 11 is 5.77. The number of ether oxygens (including phenoxy) is 1. The van der Waals surface area contributed by atoms with E-state index in [0.29, 0.717) is 33.9 Å². The summed E-state index contributed by atoms with van der Waals surface area (Å²) in [5, 5.41) is 2.71. The summed E-state index contributed by atoms with van der Waals surface area (Å²) in [5.41, 5.74) is 0.0879. The summed E-state index contributed by atoms with van der Waals surface area (Å²) < 4.78 is 34.8. The van der Waals surface area contributed by atoms with Gasteiger partial charge in [-0.2, -0.15) is 0 Å². The number of hydrogen-bond acceptors (Lipinski definition) is 8. The number of anilines is 2. The van der Waals surface area contributed by atoms with Crippen LogP contribution in [0.1, 0.15) is 19.7 Å². The number of aromatic nitrogens is 6. The second-order valence-corrected chi connectivity index (χ2v) is 8.57. The monoisotopic (exact) mass is 505 g/mol. The molecule has 0 unspecified atom stereocenters. The first-order valence-electron chi connectivity index (χ1n) is 10.8.